The smallest absolute Gasteiger partial charge is 0.392 e. The topological polar surface area (TPSA) is 142 Å². The fraction of sp³-hybridized carbons (Fsp3) is 0.500. The van der Waals surface area contributed by atoms with Crippen LogP contribution >= 0.6 is 7.82 Å². The number of aliphatic hydroxyl groups is 1. The summed E-state index contributed by atoms with van der Waals surface area (Å²) in [6, 6.07) is -0.454. The zero-order valence-electron chi connectivity index (χ0n) is 11.7. The molecule has 2 rings (SSSR count). The summed E-state index contributed by atoms with van der Waals surface area (Å²) in [4.78, 5) is 42.7. The number of allylic oxidation sites excluding steroid dienone is 1. The van der Waals surface area contributed by atoms with E-state index in [1.807, 2.05) is 0 Å². The predicted octanol–water partition coefficient (Wildman–Crippen LogP) is -0.568. The Hall–Kier alpha value is -1.51. The molecule has 0 fully saturated rings. The fourth-order valence-corrected chi connectivity index (χ4v) is 2.65. The van der Waals surface area contributed by atoms with Gasteiger partial charge in [0.25, 0.3) is 5.56 Å². The van der Waals surface area contributed by atoms with Crippen molar-refractivity contribution >= 4 is 7.82 Å². The molecule has 22 heavy (non-hydrogen) atoms. The molecule has 0 unspecified atom stereocenters. The van der Waals surface area contributed by atoms with Gasteiger partial charge < -0.3 is 14.9 Å². The normalized spacial score (nSPS) is 25.4. The number of phosphoric ester groups is 1. The molecule has 0 amide bonds. The van der Waals surface area contributed by atoms with E-state index >= 15 is 0 Å². The Labute approximate surface area is 125 Å². The largest absolute Gasteiger partial charge is 0.469 e. The van der Waals surface area contributed by atoms with Crippen LogP contribution in [0.4, 0.5) is 0 Å². The summed E-state index contributed by atoms with van der Waals surface area (Å²) in [7, 11) is -4.59. The molecule has 1 aromatic heterocycles. The van der Waals surface area contributed by atoms with Crippen LogP contribution in [0.2, 0.25) is 0 Å². The van der Waals surface area contributed by atoms with E-state index in [0.717, 1.165) is 0 Å². The number of aliphatic hydroxyl groups excluding tert-OH is 1. The number of aromatic nitrogens is 2. The first-order valence-corrected chi connectivity index (χ1v) is 8.09. The third-order valence-corrected chi connectivity index (χ3v) is 3.98. The third kappa shape index (κ3) is 4.02. The molecule has 0 aliphatic heterocycles. The lowest BCUT2D eigenvalue weighted by molar-refractivity contribution is 0.0658. The van der Waals surface area contributed by atoms with E-state index in [4.69, 9.17) is 9.79 Å². The number of H-pyrrole nitrogens is 1. The molecular formula is C12H17N2O7P. The number of nitrogens with zero attached hydrogens (tertiary/aromatic N) is 1. The highest BCUT2D eigenvalue weighted by Gasteiger charge is 2.28. The van der Waals surface area contributed by atoms with Crippen molar-refractivity contribution in [3.63, 3.8) is 0 Å². The number of aryl methyl sites for hydroxylation is 1. The summed E-state index contributed by atoms with van der Waals surface area (Å²) in [6.45, 7) is 1.24. The Kier molecular flexibility index (Phi) is 4.84. The van der Waals surface area contributed by atoms with Crippen LogP contribution in [0.3, 0.4) is 0 Å². The number of rotatable bonds is 4. The lowest BCUT2D eigenvalue weighted by Crippen LogP contribution is -2.37. The quantitative estimate of drug-likeness (QED) is 0.427. The van der Waals surface area contributed by atoms with E-state index in [2.05, 4.69) is 9.51 Å². The van der Waals surface area contributed by atoms with Gasteiger partial charge in [-0.05, 0) is 13.3 Å². The van der Waals surface area contributed by atoms with Gasteiger partial charge in [0.2, 0.25) is 0 Å². The maximum atomic E-state index is 11.8. The second kappa shape index (κ2) is 6.31. The fourth-order valence-electron chi connectivity index (χ4n) is 2.29. The van der Waals surface area contributed by atoms with Crippen molar-refractivity contribution in [3.05, 3.63) is 44.8 Å². The minimum atomic E-state index is -4.59. The summed E-state index contributed by atoms with van der Waals surface area (Å²) in [6.07, 6.45) is 3.83. The molecule has 0 radical (unpaired) electrons. The molecule has 0 bridgehead atoms. The summed E-state index contributed by atoms with van der Waals surface area (Å²) in [5, 5.41) is 10.0. The Bertz CT molecular complexity index is 732. The summed E-state index contributed by atoms with van der Waals surface area (Å²) in [5.41, 5.74) is -0.675. The van der Waals surface area contributed by atoms with Crippen molar-refractivity contribution in [2.45, 2.75) is 25.5 Å². The first-order valence-electron chi connectivity index (χ1n) is 6.56. The molecule has 0 saturated carbocycles. The van der Waals surface area contributed by atoms with Gasteiger partial charge in [-0.15, -0.1) is 0 Å². The number of nitrogens with one attached hydrogen (secondary N) is 1. The number of hydrogen-bond donors (Lipinski definition) is 4. The maximum Gasteiger partial charge on any atom is 0.469 e. The van der Waals surface area contributed by atoms with E-state index in [9.17, 15) is 19.3 Å². The summed E-state index contributed by atoms with van der Waals surface area (Å²) < 4.78 is 16.3. The highest BCUT2D eigenvalue weighted by atomic mass is 31.2. The molecule has 1 aliphatic rings. The molecule has 0 saturated heterocycles. The van der Waals surface area contributed by atoms with Crippen molar-refractivity contribution in [2.24, 2.45) is 5.92 Å². The highest BCUT2D eigenvalue weighted by Crippen LogP contribution is 2.37. The van der Waals surface area contributed by atoms with E-state index < -0.39 is 37.1 Å². The van der Waals surface area contributed by atoms with Crippen molar-refractivity contribution in [2.75, 3.05) is 6.61 Å². The molecule has 3 atom stereocenters. The molecular weight excluding hydrogens is 315 g/mol. The lowest BCUT2D eigenvalue weighted by atomic mass is 9.90. The van der Waals surface area contributed by atoms with E-state index in [-0.39, 0.29) is 13.0 Å². The van der Waals surface area contributed by atoms with Crippen molar-refractivity contribution in [1.82, 2.24) is 9.55 Å². The molecule has 1 aliphatic carbocycles. The van der Waals surface area contributed by atoms with Gasteiger partial charge >= 0.3 is 13.5 Å². The predicted molar refractivity (Wildman–Crippen MR) is 76.3 cm³/mol. The minimum absolute atomic E-state index is 0.164. The van der Waals surface area contributed by atoms with Gasteiger partial charge in [-0.3, -0.25) is 18.9 Å². The van der Waals surface area contributed by atoms with Gasteiger partial charge in [-0.1, -0.05) is 12.2 Å². The maximum absolute atomic E-state index is 11.8. The Morgan fingerprint density at radius 1 is 1.41 bits per heavy atom. The lowest BCUT2D eigenvalue weighted by Gasteiger charge is -2.29. The van der Waals surface area contributed by atoms with Crippen LogP contribution < -0.4 is 11.2 Å². The number of hydrogen-bond acceptors (Lipinski definition) is 5. The zero-order chi connectivity index (χ0) is 16.5. The van der Waals surface area contributed by atoms with Gasteiger partial charge in [0.05, 0.1) is 18.8 Å². The van der Waals surface area contributed by atoms with Crippen LogP contribution in [0.25, 0.3) is 0 Å². The van der Waals surface area contributed by atoms with Crippen LogP contribution in [-0.4, -0.2) is 37.2 Å². The summed E-state index contributed by atoms with van der Waals surface area (Å²) >= 11 is 0. The van der Waals surface area contributed by atoms with Gasteiger partial charge in [-0.25, -0.2) is 9.36 Å². The van der Waals surface area contributed by atoms with E-state index in [0.29, 0.717) is 5.56 Å². The van der Waals surface area contributed by atoms with Crippen molar-refractivity contribution in [1.29, 1.82) is 0 Å². The van der Waals surface area contributed by atoms with Crippen molar-refractivity contribution < 1.29 is 24.0 Å². The molecule has 10 heteroatoms. The van der Waals surface area contributed by atoms with Gasteiger partial charge in [0.15, 0.2) is 0 Å². The number of phosphoric acid groups is 1. The first-order chi connectivity index (χ1) is 10.2. The van der Waals surface area contributed by atoms with Crippen LogP contribution in [0.5, 0.6) is 0 Å². The molecule has 1 aromatic rings. The zero-order valence-corrected chi connectivity index (χ0v) is 12.6. The molecule has 1 heterocycles. The SMILES string of the molecule is Cc1cn([C@H]2C=C[C@@H](COP(=O)(O)O)[C@H](O)C2)c(=O)[nH]c1=O. The summed E-state index contributed by atoms with van der Waals surface area (Å²) in [5.74, 6) is -0.580. The van der Waals surface area contributed by atoms with Crippen LogP contribution in [0, 0.1) is 12.8 Å². The van der Waals surface area contributed by atoms with Gasteiger partial charge in [0.1, 0.15) is 0 Å². The average molecular weight is 332 g/mol. The minimum Gasteiger partial charge on any atom is -0.392 e. The van der Waals surface area contributed by atoms with Crippen LogP contribution in [0.1, 0.15) is 18.0 Å². The Morgan fingerprint density at radius 2 is 2.09 bits per heavy atom. The molecule has 0 spiro atoms. The average Bonchev–Trinajstić information content (AvgIpc) is 2.40. The number of aromatic amines is 1. The van der Waals surface area contributed by atoms with Gasteiger partial charge in [-0.2, -0.15) is 0 Å². The van der Waals surface area contributed by atoms with E-state index in [1.54, 1.807) is 19.1 Å². The third-order valence-electron chi connectivity index (χ3n) is 3.50. The van der Waals surface area contributed by atoms with Crippen molar-refractivity contribution in [3.8, 4) is 0 Å². The first kappa shape index (κ1) is 16.9. The second-order valence-electron chi connectivity index (χ2n) is 5.18. The van der Waals surface area contributed by atoms with Crippen LogP contribution in [-0.2, 0) is 9.09 Å². The highest BCUT2D eigenvalue weighted by molar-refractivity contribution is 7.46. The second-order valence-corrected chi connectivity index (χ2v) is 6.42. The Balaban J connectivity index is 2.17. The molecule has 4 N–H and O–H groups in total. The monoisotopic (exact) mass is 332 g/mol. The standard InChI is InChI=1S/C12H17N2O7P/c1-7-5-14(12(17)13-11(7)16)9-3-2-8(10(15)4-9)6-21-22(18,19)20/h2-3,5,8-10,15H,4,6H2,1H3,(H,13,16,17)(H2,18,19,20)/t8-,9-,10+/m0/s1. The Morgan fingerprint density at radius 3 is 2.68 bits per heavy atom. The van der Waals surface area contributed by atoms with Gasteiger partial charge in [0, 0.05) is 17.7 Å². The molecule has 9 nitrogen and oxygen atoms in total. The van der Waals surface area contributed by atoms with Crippen LogP contribution in [0.15, 0.2) is 27.9 Å². The molecule has 0 aromatic carbocycles. The molecule has 122 valence electrons. The van der Waals surface area contributed by atoms with E-state index in [1.165, 1.54) is 10.8 Å².